The van der Waals surface area contributed by atoms with Crippen LogP contribution in [0.1, 0.15) is 10.4 Å². The fraction of sp³-hybridized carbons (Fsp3) is 0.217. The molecule has 4 aromatic rings. The van der Waals surface area contributed by atoms with Crippen LogP contribution in [0.15, 0.2) is 48.5 Å². The number of ether oxygens (including phenoxy) is 1. The number of carboxylic acids is 1. The van der Waals surface area contributed by atoms with Crippen molar-refractivity contribution in [2.24, 2.45) is 0 Å². The van der Waals surface area contributed by atoms with Gasteiger partial charge in [-0.2, -0.15) is 0 Å². The van der Waals surface area contributed by atoms with Crippen LogP contribution in [0.25, 0.3) is 32.8 Å². The van der Waals surface area contributed by atoms with E-state index in [1.165, 1.54) is 0 Å². The molecule has 0 aliphatic carbocycles. The third-order valence-corrected chi connectivity index (χ3v) is 5.07. The van der Waals surface area contributed by atoms with Gasteiger partial charge in [0.15, 0.2) is 0 Å². The summed E-state index contributed by atoms with van der Waals surface area (Å²) in [5.74, 6) is -0.886. The number of benzene rings is 3. The minimum atomic E-state index is -1.10. The number of aromatic nitrogens is 2. The van der Waals surface area contributed by atoms with Crippen molar-refractivity contribution in [1.82, 2.24) is 20.2 Å². The third-order valence-electron chi connectivity index (χ3n) is 5.07. The lowest BCUT2D eigenvalue weighted by Crippen LogP contribution is -2.47. The molecular weight excluding hydrogens is 396 g/mol. The number of nitrogens with zero attached hydrogens (tertiary/aromatic N) is 3. The Morgan fingerprint density at radius 2 is 1.74 bits per heavy atom. The first-order valence-corrected chi connectivity index (χ1v) is 9.73. The third kappa shape index (κ3) is 3.85. The molecule has 1 aromatic heterocycles. The second kappa shape index (κ2) is 8.16. The van der Waals surface area contributed by atoms with Gasteiger partial charge in [0.2, 0.25) is 0 Å². The number of methoxy groups -OCH3 is 1. The van der Waals surface area contributed by atoms with Gasteiger partial charge in [0.25, 0.3) is 5.91 Å². The van der Waals surface area contributed by atoms with Crippen LogP contribution in [-0.4, -0.2) is 65.6 Å². The van der Waals surface area contributed by atoms with Crippen LogP contribution in [0.4, 0.5) is 0 Å². The number of nitrogens with one attached hydrogen (secondary N) is 1. The molecule has 1 unspecified atom stereocenters. The van der Waals surface area contributed by atoms with Crippen LogP contribution in [-0.2, 0) is 4.79 Å². The van der Waals surface area contributed by atoms with E-state index in [0.717, 1.165) is 16.5 Å². The van der Waals surface area contributed by atoms with Crippen LogP contribution in [0, 0.1) is 0 Å². The van der Waals surface area contributed by atoms with Gasteiger partial charge in [0, 0.05) is 17.3 Å². The molecule has 0 fully saturated rings. The SMILES string of the molecule is COc1cccc2c1ccc1nc3cccc(C(=O)NC(CN(C)C)C(=O)O)c3nc12. The lowest BCUT2D eigenvalue weighted by Gasteiger charge is -2.19. The minimum Gasteiger partial charge on any atom is -0.496 e. The summed E-state index contributed by atoms with van der Waals surface area (Å²) in [6.07, 6.45) is 0. The van der Waals surface area contributed by atoms with Crippen LogP contribution >= 0.6 is 0 Å². The van der Waals surface area contributed by atoms with Gasteiger partial charge < -0.3 is 20.1 Å². The fourth-order valence-electron chi connectivity index (χ4n) is 3.64. The fourth-order valence-corrected chi connectivity index (χ4v) is 3.64. The molecular formula is C23H22N4O4. The number of carboxylic acid groups (broad SMARTS) is 1. The molecule has 1 atom stereocenters. The normalized spacial score (nSPS) is 12.4. The molecule has 0 bridgehead atoms. The standard InChI is InChI=1S/C23H22N4O4/c1-27(2)12-18(23(29)30)25-22(28)15-7-4-8-16-21(15)26-20-14-6-5-9-19(31-3)13(14)10-11-17(20)24-16/h4-11,18H,12H2,1-3H3,(H,25,28)(H,29,30). The van der Waals surface area contributed by atoms with Gasteiger partial charge in [0.05, 0.1) is 29.2 Å². The molecule has 3 aromatic carbocycles. The van der Waals surface area contributed by atoms with E-state index in [2.05, 4.69) is 10.3 Å². The van der Waals surface area contributed by atoms with Gasteiger partial charge in [-0.25, -0.2) is 14.8 Å². The van der Waals surface area contributed by atoms with Crippen molar-refractivity contribution in [2.45, 2.75) is 6.04 Å². The van der Waals surface area contributed by atoms with E-state index in [1.807, 2.05) is 30.3 Å². The average molecular weight is 418 g/mol. The molecule has 2 N–H and O–H groups in total. The topological polar surface area (TPSA) is 105 Å². The molecule has 0 radical (unpaired) electrons. The zero-order valence-electron chi connectivity index (χ0n) is 17.4. The highest BCUT2D eigenvalue weighted by molar-refractivity contribution is 6.11. The molecule has 4 rings (SSSR count). The van der Waals surface area contributed by atoms with Crippen molar-refractivity contribution in [3.8, 4) is 5.75 Å². The highest BCUT2D eigenvalue weighted by Crippen LogP contribution is 2.31. The molecule has 0 spiro atoms. The van der Waals surface area contributed by atoms with Crippen molar-refractivity contribution >= 4 is 44.7 Å². The Hall–Kier alpha value is -3.78. The van der Waals surface area contributed by atoms with Crippen LogP contribution in [0.5, 0.6) is 5.75 Å². The summed E-state index contributed by atoms with van der Waals surface area (Å²) < 4.78 is 5.45. The zero-order chi connectivity index (χ0) is 22.1. The summed E-state index contributed by atoms with van der Waals surface area (Å²) in [7, 11) is 5.11. The average Bonchev–Trinajstić information content (AvgIpc) is 2.75. The van der Waals surface area contributed by atoms with Gasteiger partial charge in [-0.1, -0.05) is 18.2 Å². The number of fused-ring (bicyclic) bond motifs is 4. The maximum atomic E-state index is 13.0. The van der Waals surface area contributed by atoms with E-state index in [1.54, 1.807) is 44.3 Å². The minimum absolute atomic E-state index is 0.172. The molecule has 1 heterocycles. The van der Waals surface area contributed by atoms with Gasteiger partial charge in [-0.3, -0.25) is 4.79 Å². The maximum Gasteiger partial charge on any atom is 0.327 e. The maximum absolute atomic E-state index is 13.0. The Balaban J connectivity index is 1.86. The molecule has 0 saturated carbocycles. The number of carbonyl (C=O) groups is 2. The largest absolute Gasteiger partial charge is 0.496 e. The van der Waals surface area contributed by atoms with Crippen molar-refractivity contribution < 1.29 is 19.4 Å². The van der Waals surface area contributed by atoms with E-state index in [9.17, 15) is 14.7 Å². The van der Waals surface area contributed by atoms with Crippen molar-refractivity contribution in [3.05, 3.63) is 54.1 Å². The van der Waals surface area contributed by atoms with Crippen LogP contribution in [0.2, 0.25) is 0 Å². The van der Waals surface area contributed by atoms with Crippen molar-refractivity contribution in [2.75, 3.05) is 27.7 Å². The summed E-state index contributed by atoms with van der Waals surface area (Å²) >= 11 is 0. The zero-order valence-corrected chi connectivity index (χ0v) is 17.4. The summed E-state index contributed by atoms with van der Waals surface area (Å²) in [6, 6.07) is 13.6. The van der Waals surface area contributed by atoms with E-state index >= 15 is 0 Å². The molecule has 1 amide bonds. The van der Waals surface area contributed by atoms with Crippen LogP contribution in [0.3, 0.4) is 0 Å². The first kappa shape index (κ1) is 20.5. The van der Waals surface area contributed by atoms with Crippen LogP contribution < -0.4 is 10.1 Å². The first-order valence-electron chi connectivity index (χ1n) is 9.73. The summed E-state index contributed by atoms with van der Waals surface area (Å²) in [5, 5.41) is 13.8. The predicted molar refractivity (Wildman–Crippen MR) is 119 cm³/mol. The second-order valence-electron chi connectivity index (χ2n) is 7.51. The molecule has 31 heavy (non-hydrogen) atoms. The van der Waals surface area contributed by atoms with E-state index in [4.69, 9.17) is 9.72 Å². The second-order valence-corrected chi connectivity index (χ2v) is 7.51. The number of hydrogen-bond acceptors (Lipinski definition) is 6. The predicted octanol–water partition coefficient (Wildman–Crippen LogP) is 2.69. The summed E-state index contributed by atoms with van der Waals surface area (Å²) in [4.78, 5) is 35.7. The highest BCUT2D eigenvalue weighted by Gasteiger charge is 2.23. The van der Waals surface area contributed by atoms with Crippen molar-refractivity contribution in [1.29, 1.82) is 0 Å². The van der Waals surface area contributed by atoms with Crippen molar-refractivity contribution in [3.63, 3.8) is 0 Å². The van der Waals surface area contributed by atoms with E-state index in [0.29, 0.717) is 22.1 Å². The van der Waals surface area contributed by atoms with E-state index < -0.39 is 17.9 Å². The number of para-hydroxylation sites is 1. The molecule has 158 valence electrons. The summed E-state index contributed by atoms with van der Waals surface area (Å²) in [6.45, 7) is 0.172. The smallest absolute Gasteiger partial charge is 0.327 e. The number of amides is 1. The van der Waals surface area contributed by atoms with Gasteiger partial charge in [-0.05, 0) is 44.4 Å². The number of hydrogen-bond donors (Lipinski definition) is 2. The molecule has 0 aliphatic rings. The van der Waals surface area contributed by atoms with Gasteiger partial charge in [-0.15, -0.1) is 0 Å². The van der Waals surface area contributed by atoms with E-state index in [-0.39, 0.29) is 12.1 Å². The Bertz CT molecular complexity index is 1320. The van der Waals surface area contributed by atoms with Gasteiger partial charge >= 0.3 is 5.97 Å². The Morgan fingerprint density at radius 3 is 2.45 bits per heavy atom. The first-order chi connectivity index (χ1) is 14.9. The lowest BCUT2D eigenvalue weighted by atomic mass is 10.1. The Labute approximate surface area is 178 Å². The number of rotatable bonds is 6. The quantitative estimate of drug-likeness (QED) is 0.366. The number of likely N-dealkylation sites (N-methyl/N-ethyl adjacent to an activating group) is 1. The highest BCUT2D eigenvalue weighted by atomic mass is 16.5. The Morgan fingerprint density at radius 1 is 1.00 bits per heavy atom. The number of aliphatic carboxylic acids is 1. The molecule has 8 heteroatoms. The molecule has 0 saturated heterocycles. The molecule has 8 nitrogen and oxygen atoms in total. The summed E-state index contributed by atoms with van der Waals surface area (Å²) in [5.41, 5.74) is 2.59. The lowest BCUT2D eigenvalue weighted by molar-refractivity contribution is -0.139. The monoisotopic (exact) mass is 418 g/mol. The molecule has 0 aliphatic heterocycles. The Kier molecular flexibility index (Phi) is 5.39. The number of carbonyl (C=O) groups excluding carboxylic acids is 1. The van der Waals surface area contributed by atoms with Gasteiger partial charge in [0.1, 0.15) is 17.3 Å².